The third-order valence-electron chi connectivity index (χ3n) is 3.29. The van der Waals surface area contributed by atoms with Crippen LogP contribution in [-0.4, -0.2) is 6.04 Å². The van der Waals surface area contributed by atoms with Crippen LogP contribution in [0.2, 0.25) is 0 Å². The Morgan fingerprint density at radius 1 is 1.07 bits per heavy atom. The second-order valence-electron chi connectivity index (χ2n) is 5.14. The summed E-state index contributed by atoms with van der Waals surface area (Å²) in [7, 11) is 0. The van der Waals surface area contributed by atoms with Crippen LogP contribution in [0.1, 0.15) is 37.3 Å². The molecule has 1 aromatic rings. The molecule has 1 fully saturated rings. The molecule has 0 radical (unpaired) electrons. The summed E-state index contributed by atoms with van der Waals surface area (Å²) in [5, 5.41) is 3.65. The molecule has 0 saturated heterocycles. The van der Waals surface area contributed by atoms with Crippen LogP contribution in [0.5, 0.6) is 0 Å². The summed E-state index contributed by atoms with van der Waals surface area (Å²) in [6, 6.07) is 7.41. The van der Waals surface area contributed by atoms with Gasteiger partial charge in [-0.3, -0.25) is 0 Å². The minimum atomic E-state index is 0.696. The summed E-state index contributed by atoms with van der Waals surface area (Å²) in [6.45, 7) is 6.67. The van der Waals surface area contributed by atoms with Crippen molar-refractivity contribution < 1.29 is 0 Å². The third-order valence-corrected chi connectivity index (χ3v) is 3.29. The fourth-order valence-corrected chi connectivity index (χ4v) is 2.63. The maximum Gasteiger partial charge on any atom is 0.0347 e. The van der Waals surface area contributed by atoms with Gasteiger partial charge in [-0.1, -0.05) is 13.0 Å². The SMILES string of the molecule is Cc1cc(C)cc(NC2CCC(C)C2)c1. The maximum absolute atomic E-state index is 3.65. The lowest BCUT2D eigenvalue weighted by Gasteiger charge is -2.15. The molecule has 82 valence electrons. The molecule has 0 aromatic heterocycles. The molecule has 1 nitrogen and oxygen atoms in total. The minimum absolute atomic E-state index is 0.696. The van der Waals surface area contributed by atoms with Crippen LogP contribution < -0.4 is 5.32 Å². The Bertz CT molecular complexity index is 323. The van der Waals surface area contributed by atoms with Gasteiger partial charge in [-0.05, 0) is 62.3 Å². The van der Waals surface area contributed by atoms with Crippen molar-refractivity contribution in [2.24, 2.45) is 5.92 Å². The molecule has 2 unspecified atom stereocenters. The molecule has 1 saturated carbocycles. The molecule has 2 atom stereocenters. The number of hydrogen-bond donors (Lipinski definition) is 1. The smallest absolute Gasteiger partial charge is 0.0347 e. The Kier molecular flexibility index (Phi) is 2.99. The molecule has 15 heavy (non-hydrogen) atoms. The molecule has 1 aromatic carbocycles. The third kappa shape index (κ3) is 2.74. The van der Waals surface area contributed by atoms with Crippen LogP contribution in [0.15, 0.2) is 18.2 Å². The topological polar surface area (TPSA) is 12.0 Å². The van der Waals surface area contributed by atoms with E-state index in [4.69, 9.17) is 0 Å². The van der Waals surface area contributed by atoms with Crippen molar-refractivity contribution in [1.29, 1.82) is 0 Å². The molecule has 1 N–H and O–H groups in total. The fourth-order valence-electron chi connectivity index (χ4n) is 2.63. The van der Waals surface area contributed by atoms with Crippen molar-refractivity contribution in [2.45, 2.75) is 46.1 Å². The Morgan fingerprint density at radius 3 is 2.27 bits per heavy atom. The number of nitrogens with one attached hydrogen (secondary N) is 1. The van der Waals surface area contributed by atoms with Crippen LogP contribution in [0, 0.1) is 19.8 Å². The molecule has 0 heterocycles. The predicted octanol–water partition coefficient (Wildman–Crippen LogP) is 3.90. The van der Waals surface area contributed by atoms with E-state index in [2.05, 4.69) is 44.3 Å². The van der Waals surface area contributed by atoms with Gasteiger partial charge in [0.05, 0.1) is 0 Å². The van der Waals surface area contributed by atoms with E-state index in [0.717, 1.165) is 5.92 Å². The largest absolute Gasteiger partial charge is 0.382 e. The van der Waals surface area contributed by atoms with Gasteiger partial charge in [0.25, 0.3) is 0 Å². The fraction of sp³-hybridized carbons (Fsp3) is 0.571. The van der Waals surface area contributed by atoms with Gasteiger partial charge in [-0.25, -0.2) is 0 Å². The Labute approximate surface area is 92.9 Å². The quantitative estimate of drug-likeness (QED) is 0.768. The van der Waals surface area contributed by atoms with Gasteiger partial charge in [-0.2, -0.15) is 0 Å². The van der Waals surface area contributed by atoms with Crippen LogP contribution in [0.4, 0.5) is 5.69 Å². The zero-order valence-electron chi connectivity index (χ0n) is 10.0. The first-order chi connectivity index (χ1) is 7.13. The summed E-state index contributed by atoms with van der Waals surface area (Å²) < 4.78 is 0. The van der Waals surface area contributed by atoms with Crippen molar-refractivity contribution in [1.82, 2.24) is 0 Å². The first-order valence-corrected chi connectivity index (χ1v) is 5.98. The summed E-state index contributed by atoms with van der Waals surface area (Å²) >= 11 is 0. The van der Waals surface area contributed by atoms with Gasteiger partial charge >= 0.3 is 0 Å². The predicted molar refractivity (Wildman–Crippen MR) is 66.3 cm³/mol. The van der Waals surface area contributed by atoms with Crippen LogP contribution in [-0.2, 0) is 0 Å². The van der Waals surface area contributed by atoms with E-state index in [-0.39, 0.29) is 0 Å². The molecule has 0 aliphatic heterocycles. The summed E-state index contributed by atoms with van der Waals surface area (Å²) in [5.74, 6) is 0.897. The normalized spacial score (nSPS) is 25.5. The first-order valence-electron chi connectivity index (χ1n) is 5.98. The highest BCUT2D eigenvalue weighted by Crippen LogP contribution is 2.27. The highest BCUT2D eigenvalue weighted by molar-refractivity contribution is 5.49. The van der Waals surface area contributed by atoms with Gasteiger partial charge in [0.15, 0.2) is 0 Å². The number of anilines is 1. The lowest BCUT2D eigenvalue weighted by atomic mass is 10.1. The molecule has 0 spiro atoms. The number of hydrogen-bond acceptors (Lipinski definition) is 1. The van der Waals surface area contributed by atoms with Crippen LogP contribution in [0.3, 0.4) is 0 Å². The van der Waals surface area contributed by atoms with Gasteiger partial charge < -0.3 is 5.32 Å². The van der Waals surface area contributed by atoms with Crippen molar-refractivity contribution in [3.8, 4) is 0 Å². The van der Waals surface area contributed by atoms with Gasteiger partial charge in [-0.15, -0.1) is 0 Å². The Morgan fingerprint density at radius 2 is 1.73 bits per heavy atom. The van der Waals surface area contributed by atoms with Gasteiger partial charge in [0, 0.05) is 11.7 Å². The molecule has 0 amide bonds. The van der Waals surface area contributed by atoms with E-state index in [0.29, 0.717) is 6.04 Å². The highest BCUT2D eigenvalue weighted by Gasteiger charge is 2.20. The molecule has 0 bridgehead atoms. The first kappa shape index (κ1) is 10.5. The number of aryl methyl sites for hydroxylation is 2. The molecule has 1 aliphatic carbocycles. The van der Waals surface area contributed by atoms with Crippen LogP contribution in [0.25, 0.3) is 0 Å². The van der Waals surface area contributed by atoms with E-state index in [9.17, 15) is 0 Å². The molecule has 1 aliphatic rings. The molecular weight excluding hydrogens is 182 g/mol. The monoisotopic (exact) mass is 203 g/mol. The lowest BCUT2D eigenvalue weighted by molar-refractivity contribution is 0.602. The average molecular weight is 203 g/mol. The summed E-state index contributed by atoms with van der Waals surface area (Å²) in [6.07, 6.45) is 4.03. The summed E-state index contributed by atoms with van der Waals surface area (Å²) in [5.41, 5.74) is 4.00. The van der Waals surface area contributed by atoms with E-state index in [1.54, 1.807) is 0 Å². The zero-order valence-corrected chi connectivity index (χ0v) is 10.0. The number of benzene rings is 1. The number of rotatable bonds is 2. The Balaban J connectivity index is 2.04. The van der Waals surface area contributed by atoms with Crippen molar-refractivity contribution in [2.75, 3.05) is 5.32 Å². The van der Waals surface area contributed by atoms with Gasteiger partial charge in [0.2, 0.25) is 0 Å². The molecule has 2 rings (SSSR count). The Hall–Kier alpha value is -0.980. The lowest BCUT2D eigenvalue weighted by Crippen LogP contribution is -2.15. The van der Waals surface area contributed by atoms with E-state index in [1.807, 2.05) is 0 Å². The van der Waals surface area contributed by atoms with E-state index < -0.39 is 0 Å². The standard InChI is InChI=1S/C14H21N/c1-10-4-5-13(7-10)15-14-8-11(2)6-12(3)9-14/h6,8-10,13,15H,4-5,7H2,1-3H3. The maximum atomic E-state index is 3.65. The van der Waals surface area contributed by atoms with Crippen molar-refractivity contribution in [3.05, 3.63) is 29.3 Å². The molecule has 1 heteroatoms. The average Bonchev–Trinajstić information content (AvgIpc) is 2.49. The van der Waals surface area contributed by atoms with Crippen molar-refractivity contribution >= 4 is 5.69 Å². The second-order valence-corrected chi connectivity index (χ2v) is 5.14. The molecular formula is C14H21N. The zero-order chi connectivity index (χ0) is 10.8. The minimum Gasteiger partial charge on any atom is -0.382 e. The van der Waals surface area contributed by atoms with Crippen LogP contribution >= 0.6 is 0 Å². The van der Waals surface area contributed by atoms with Gasteiger partial charge in [0.1, 0.15) is 0 Å². The second kappa shape index (κ2) is 4.26. The summed E-state index contributed by atoms with van der Waals surface area (Å²) in [4.78, 5) is 0. The highest BCUT2D eigenvalue weighted by atomic mass is 14.9. The van der Waals surface area contributed by atoms with E-state index in [1.165, 1.54) is 36.1 Å². The van der Waals surface area contributed by atoms with Crippen molar-refractivity contribution in [3.63, 3.8) is 0 Å². The van der Waals surface area contributed by atoms with E-state index >= 15 is 0 Å².